The summed E-state index contributed by atoms with van der Waals surface area (Å²) in [5.41, 5.74) is 9.46. The average Bonchev–Trinajstić information content (AvgIpc) is 2.52. The standard InChI is InChI=1S/C18H23N3S/c1-2-21(11-8-15-6-9-20-10-7-15)14-17-5-3-4-16(12-17)13-18(19)22/h3-7,9-10,12H,2,8,11,13-14H2,1H3,(H2,19,22). The molecule has 0 bridgehead atoms. The van der Waals surface area contributed by atoms with Gasteiger partial charge in [0.25, 0.3) is 0 Å². The van der Waals surface area contributed by atoms with Gasteiger partial charge in [0, 0.05) is 31.9 Å². The fourth-order valence-corrected chi connectivity index (χ4v) is 2.65. The average molecular weight is 313 g/mol. The van der Waals surface area contributed by atoms with Crippen molar-refractivity contribution in [2.75, 3.05) is 13.1 Å². The summed E-state index contributed by atoms with van der Waals surface area (Å²) in [5.74, 6) is 0. The third-order valence-corrected chi connectivity index (χ3v) is 3.83. The van der Waals surface area contributed by atoms with E-state index in [-0.39, 0.29) is 0 Å². The van der Waals surface area contributed by atoms with Gasteiger partial charge in [-0.25, -0.2) is 0 Å². The predicted octanol–water partition coefficient (Wildman–Crippen LogP) is 2.97. The van der Waals surface area contributed by atoms with E-state index in [9.17, 15) is 0 Å². The summed E-state index contributed by atoms with van der Waals surface area (Å²) >= 11 is 4.99. The van der Waals surface area contributed by atoms with Gasteiger partial charge in [-0.05, 0) is 41.8 Å². The van der Waals surface area contributed by atoms with E-state index in [2.05, 4.69) is 53.2 Å². The van der Waals surface area contributed by atoms with Crippen LogP contribution in [-0.4, -0.2) is 28.0 Å². The van der Waals surface area contributed by atoms with Crippen LogP contribution in [0.1, 0.15) is 23.6 Å². The van der Waals surface area contributed by atoms with Gasteiger partial charge in [-0.2, -0.15) is 0 Å². The van der Waals surface area contributed by atoms with E-state index in [1.165, 1.54) is 16.7 Å². The van der Waals surface area contributed by atoms with Crippen molar-refractivity contribution in [2.45, 2.75) is 26.3 Å². The first-order valence-corrected chi connectivity index (χ1v) is 8.05. The fourth-order valence-electron chi connectivity index (χ4n) is 2.48. The van der Waals surface area contributed by atoms with Crippen LogP contribution in [0, 0.1) is 0 Å². The summed E-state index contributed by atoms with van der Waals surface area (Å²) in [6.07, 6.45) is 5.42. The number of thiocarbonyl (C=S) groups is 1. The van der Waals surface area contributed by atoms with Gasteiger partial charge in [-0.15, -0.1) is 0 Å². The van der Waals surface area contributed by atoms with E-state index in [0.717, 1.165) is 26.1 Å². The van der Waals surface area contributed by atoms with Crippen molar-refractivity contribution in [1.82, 2.24) is 9.88 Å². The fraction of sp³-hybridized carbons (Fsp3) is 0.333. The third-order valence-electron chi connectivity index (χ3n) is 3.69. The molecular weight excluding hydrogens is 290 g/mol. The van der Waals surface area contributed by atoms with Crippen molar-refractivity contribution in [3.63, 3.8) is 0 Å². The SMILES string of the molecule is CCN(CCc1ccncc1)Cc1cccc(CC(N)=S)c1. The van der Waals surface area contributed by atoms with E-state index < -0.39 is 0 Å². The zero-order chi connectivity index (χ0) is 15.8. The second-order valence-corrected chi connectivity index (χ2v) is 5.96. The molecule has 1 aromatic heterocycles. The third kappa shape index (κ3) is 5.54. The summed E-state index contributed by atoms with van der Waals surface area (Å²) in [4.78, 5) is 7.05. The monoisotopic (exact) mass is 313 g/mol. The Labute approximate surface area is 138 Å². The molecule has 0 saturated heterocycles. The molecule has 116 valence electrons. The van der Waals surface area contributed by atoms with Crippen LogP contribution in [0.5, 0.6) is 0 Å². The molecule has 0 saturated carbocycles. The quantitative estimate of drug-likeness (QED) is 0.761. The number of benzene rings is 1. The second-order valence-electron chi connectivity index (χ2n) is 5.44. The molecule has 2 aromatic rings. The van der Waals surface area contributed by atoms with Crippen molar-refractivity contribution in [3.8, 4) is 0 Å². The lowest BCUT2D eigenvalue weighted by Crippen LogP contribution is -2.25. The van der Waals surface area contributed by atoms with Gasteiger partial charge >= 0.3 is 0 Å². The van der Waals surface area contributed by atoms with E-state index in [4.69, 9.17) is 18.0 Å². The maximum atomic E-state index is 5.63. The summed E-state index contributed by atoms with van der Waals surface area (Å²) in [6.45, 7) is 5.23. The molecular formula is C18H23N3S. The Kier molecular flexibility index (Phi) is 6.49. The molecule has 0 unspecified atom stereocenters. The normalized spacial score (nSPS) is 10.8. The van der Waals surface area contributed by atoms with Crippen LogP contribution in [0.15, 0.2) is 48.8 Å². The largest absolute Gasteiger partial charge is 0.393 e. The van der Waals surface area contributed by atoms with Crippen LogP contribution >= 0.6 is 12.2 Å². The Balaban J connectivity index is 1.93. The number of nitrogens with two attached hydrogens (primary N) is 1. The molecule has 2 rings (SSSR count). The molecule has 0 atom stereocenters. The van der Waals surface area contributed by atoms with E-state index in [1.807, 2.05) is 12.4 Å². The highest BCUT2D eigenvalue weighted by Gasteiger charge is 2.05. The Bertz CT molecular complexity index is 598. The molecule has 0 aliphatic carbocycles. The molecule has 22 heavy (non-hydrogen) atoms. The summed E-state index contributed by atoms with van der Waals surface area (Å²) in [7, 11) is 0. The van der Waals surface area contributed by atoms with Crippen LogP contribution in [-0.2, 0) is 19.4 Å². The molecule has 0 aliphatic rings. The summed E-state index contributed by atoms with van der Waals surface area (Å²) in [6, 6.07) is 12.7. The minimum atomic E-state index is 0.544. The molecule has 2 N–H and O–H groups in total. The Morgan fingerprint density at radius 2 is 1.86 bits per heavy atom. The number of hydrogen-bond acceptors (Lipinski definition) is 3. The highest BCUT2D eigenvalue weighted by molar-refractivity contribution is 7.80. The first-order chi connectivity index (χ1) is 10.7. The van der Waals surface area contributed by atoms with Gasteiger partial charge < -0.3 is 5.73 Å². The van der Waals surface area contributed by atoms with Crippen molar-refractivity contribution in [3.05, 3.63) is 65.5 Å². The lowest BCUT2D eigenvalue weighted by atomic mass is 10.1. The number of likely N-dealkylation sites (N-methyl/N-ethyl adjacent to an activating group) is 1. The molecule has 3 nitrogen and oxygen atoms in total. The highest BCUT2D eigenvalue weighted by atomic mass is 32.1. The smallest absolute Gasteiger partial charge is 0.0771 e. The molecule has 4 heteroatoms. The first kappa shape index (κ1) is 16.6. The van der Waals surface area contributed by atoms with Crippen molar-refractivity contribution in [2.24, 2.45) is 5.73 Å². The maximum absolute atomic E-state index is 5.63. The Hall–Kier alpha value is -1.78. The van der Waals surface area contributed by atoms with Gasteiger partial charge in [-0.3, -0.25) is 9.88 Å². The van der Waals surface area contributed by atoms with Gasteiger partial charge in [0.05, 0.1) is 4.99 Å². The van der Waals surface area contributed by atoms with E-state index in [1.54, 1.807) is 0 Å². The minimum absolute atomic E-state index is 0.544. The number of aromatic nitrogens is 1. The molecule has 0 aliphatic heterocycles. The second kappa shape index (κ2) is 8.61. The first-order valence-electron chi connectivity index (χ1n) is 7.64. The maximum Gasteiger partial charge on any atom is 0.0771 e. The van der Waals surface area contributed by atoms with Gasteiger partial charge in [0.15, 0.2) is 0 Å². The number of nitrogens with zero attached hydrogens (tertiary/aromatic N) is 2. The number of rotatable bonds is 8. The lowest BCUT2D eigenvalue weighted by Gasteiger charge is -2.21. The van der Waals surface area contributed by atoms with Crippen molar-refractivity contribution in [1.29, 1.82) is 0 Å². The Morgan fingerprint density at radius 1 is 1.14 bits per heavy atom. The zero-order valence-corrected chi connectivity index (χ0v) is 13.9. The van der Waals surface area contributed by atoms with Crippen molar-refractivity contribution >= 4 is 17.2 Å². The van der Waals surface area contributed by atoms with E-state index in [0.29, 0.717) is 11.4 Å². The minimum Gasteiger partial charge on any atom is -0.393 e. The summed E-state index contributed by atoms with van der Waals surface area (Å²) in [5, 5.41) is 0. The Morgan fingerprint density at radius 3 is 2.55 bits per heavy atom. The lowest BCUT2D eigenvalue weighted by molar-refractivity contribution is 0.283. The predicted molar refractivity (Wildman–Crippen MR) is 95.8 cm³/mol. The molecule has 1 heterocycles. The van der Waals surface area contributed by atoms with Crippen LogP contribution in [0.25, 0.3) is 0 Å². The van der Waals surface area contributed by atoms with Gasteiger partial charge in [-0.1, -0.05) is 43.4 Å². The molecule has 0 radical (unpaired) electrons. The molecule has 1 aromatic carbocycles. The van der Waals surface area contributed by atoms with Crippen molar-refractivity contribution < 1.29 is 0 Å². The molecule has 0 fully saturated rings. The van der Waals surface area contributed by atoms with E-state index >= 15 is 0 Å². The molecule has 0 amide bonds. The summed E-state index contributed by atoms with van der Waals surface area (Å²) < 4.78 is 0. The zero-order valence-electron chi connectivity index (χ0n) is 13.0. The number of pyridine rings is 1. The van der Waals surface area contributed by atoms with Crippen LogP contribution in [0.4, 0.5) is 0 Å². The van der Waals surface area contributed by atoms with Crippen LogP contribution in [0.3, 0.4) is 0 Å². The van der Waals surface area contributed by atoms with Crippen LogP contribution < -0.4 is 5.73 Å². The van der Waals surface area contributed by atoms with Crippen LogP contribution in [0.2, 0.25) is 0 Å². The topological polar surface area (TPSA) is 42.2 Å². The van der Waals surface area contributed by atoms with Gasteiger partial charge in [0.1, 0.15) is 0 Å². The molecule has 0 spiro atoms. The highest BCUT2D eigenvalue weighted by Crippen LogP contribution is 2.10. The number of hydrogen-bond donors (Lipinski definition) is 1. The van der Waals surface area contributed by atoms with Gasteiger partial charge in [0.2, 0.25) is 0 Å².